The van der Waals surface area contributed by atoms with Crippen molar-refractivity contribution in [2.75, 3.05) is 5.32 Å². The molecule has 132 valence electrons. The minimum atomic E-state index is -4.50. The molecule has 1 aliphatic carbocycles. The molecule has 5 nitrogen and oxygen atoms in total. The average Bonchev–Trinajstić information content (AvgIpc) is 3.07. The number of benzene rings is 1. The van der Waals surface area contributed by atoms with Crippen LogP contribution in [0.15, 0.2) is 36.5 Å². The molecule has 0 radical (unpaired) electrons. The third-order valence-corrected chi connectivity index (χ3v) is 4.06. The van der Waals surface area contributed by atoms with Crippen molar-refractivity contribution in [2.45, 2.75) is 37.9 Å². The first-order chi connectivity index (χ1) is 11.9. The van der Waals surface area contributed by atoms with Crippen molar-refractivity contribution in [3.63, 3.8) is 0 Å². The van der Waals surface area contributed by atoms with Crippen LogP contribution in [0.5, 0.6) is 0 Å². The Balaban J connectivity index is 1.77. The molecule has 0 bridgehead atoms. The summed E-state index contributed by atoms with van der Waals surface area (Å²) in [6.45, 7) is 0. The van der Waals surface area contributed by atoms with Gasteiger partial charge in [-0.05, 0) is 31.0 Å². The summed E-state index contributed by atoms with van der Waals surface area (Å²) in [5.41, 5.74) is -0.864. The summed E-state index contributed by atoms with van der Waals surface area (Å²) in [6.07, 6.45) is 0.865. The molecule has 1 aromatic heterocycles. The summed E-state index contributed by atoms with van der Waals surface area (Å²) in [4.78, 5) is 20.2. The second kappa shape index (κ2) is 7.08. The number of anilines is 2. The van der Waals surface area contributed by atoms with Gasteiger partial charge in [0.25, 0.3) is 5.91 Å². The van der Waals surface area contributed by atoms with E-state index in [9.17, 15) is 18.0 Å². The Kier molecular flexibility index (Phi) is 4.87. The lowest BCUT2D eigenvalue weighted by molar-refractivity contribution is -0.136. The van der Waals surface area contributed by atoms with Crippen molar-refractivity contribution in [3.8, 4) is 0 Å². The zero-order valence-electron chi connectivity index (χ0n) is 13.3. The molecule has 1 aromatic carbocycles. The lowest BCUT2D eigenvalue weighted by Gasteiger charge is -2.14. The Morgan fingerprint density at radius 2 is 1.84 bits per heavy atom. The second-order valence-electron chi connectivity index (χ2n) is 5.89. The molecule has 25 heavy (non-hydrogen) atoms. The average molecular weight is 350 g/mol. The van der Waals surface area contributed by atoms with Gasteiger partial charge >= 0.3 is 6.18 Å². The van der Waals surface area contributed by atoms with Gasteiger partial charge in [0.05, 0.1) is 11.3 Å². The highest BCUT2D eigenvalue weighted by atomic mass is 19.4. The number of nitrogens with zero attached hydrogens (tertiary/aromatic N) is 2. The van der Waals surface area contributed by atoms with E-state index >= 15 is 0 Å². The fraction of sp³-hybridized carbons (Fsp3) is 0.353. The first kappa shape index (κ1) is 17.2. The molecule has 0 aliphatic heterocycles. The van der Waals surface area contributed by atoms with Gasteiger partial charge in [0, 0.05) is 12.2 Å². The van der Waals surface area contributed by atoms with E-state index < -0.39 is 11.7 Å². The zero-order valence-corrected chi connectivity index (χ0v) is 13.3. The van der Waals surface area contributed by atoms with Crippen LogP contribution in [0.25, 0.3) is 0 Å². The standard InChI is InChI=1S/C17H17F3N4O/c18-17(19,20)12-7-3-4-8-13(12)23-16-21-10-9-14(24-16)15(25)22-11-5-1-2-6-11/h3-4,7-11H,1-2,5-6H2,(H,22,25)(H,21,23,24). The van der Waals surface area contributed by atoms with Crippen molar-refractivity contribution < 1.29 is 18.0 Å². The molecule has 0 unspecified atom stereocenters. The third kappa shape index (κ3) is 4.26. The Morgan fingerprint density at radius 3 is 2.56 bits per heavy atom. The Hall–Kier alpha value is -2.64. The van der Waals surface area contributed by atoms with Gasteiger partial charge in [0.2, 0.25) is 5.95 Å². The van der Waals surface area contributed by atoms with Crippen molar-refractivity contribution in [2.24, 2.45) is 0 Å². The van der Waals surface area contributed by atoms with E-state index in [1.165, 1.54) is 30.5 Å². The van der Waals surface area contributed by atoms with Crippen LogP contribution in [-0.2, 0) is 6.18 Å². The van der Waals surface area contributed by atoms with Crippen molar-refractivity contribution in [3.05, 3.63) is 47.8 Å². The number of amides is 1. The maximum atomic E-state index is 13.0. The number of aromatic nitrogens is 2. The molecule has 2 N–H and O–H groups in total. The quantitative estimate of drug-likeness (QED) is 0.877. The lowest BCUT2D eigenvalue weighted by atomic mass is 10.1. The first-order valence-electron chi connectivity index (χ1n) is 8.00. The van der Waals surface area contributed by atoms with E-state index in [1.54, 1.807) is 0 Å². The molecule has 0 atom stereocenters. The summed E-state index contributed by atoms with van der Waals surface area (Å²) >= 11 is 0. The van der Waals surface area contributed by atoms with E-state index in [0.29, 0.717) is 0 Å². The summed E-state index contributed by atoms with van der Waals surface area (Å²) in [5, 5.41) is 5.43. The maximum Gasteiger partial charge on any atom is 0.418 e. The fourth-order valence-electron chi connectivity index (χ4n) is 2.83. The number of halogens is 3. The number of carbonyl (C=O) groups is 1. The number of nitrogens with one attached hydrogen (secondary N) is 2. The van der Waals surface area contributed by atoms with Crippen LogP contribution in [0, 0.1) is 0 Å². The first-order valence-corrected chi connectivity index (χ1v) is 8.00. The molecular weight excluding hydrogens is 333 g/mol. The number of carbonyl (C=O) groups excluding carboxylic acids is 1. The Bertz CT molecular complexity index is 758. The van der Waals surface area contributed by atoms with E-state index in [1.807, 2.05) is 0 Å². The molecule has 0 saturated heterocycles. The van der Waals surface area contributed by atoms with Gasteiger partial charge in [-0.25, -0.2) is 9.97 Å². The highest BCUT2D eigenvalue weighted by Gasteiger charge is 2.33. The van der Waals surface area contributed by atoms with Crippen molar-refractivity contribution in [1.82, 2.24) is 15.3 Å². The molecule has 3 rings (SSSR count). The van der Waals surface area contributed by atoms with Gasteiger partial charge in [-0.3, -0.25) is 4.79 Å². The fourth-order valence-corrected chi connectivity index (χ4v) is 2.83. The van der Waals surface area contributed by atoms with Crippen LogP contribution < -0.4 is 10.6 Å². The van der Waals surface area contributed by atoms with E-state index in [0.717, 1.165) is 31.7 Å². The minimum Gasteiger partial charge on any atom is -0.348 e. The summed E-state index contributed by atoms with van der Waals surface area (Å²) in [6, 6.07) is 6.61. The monoisotopic (exact) mass is 350 g/mol. The van der Waals surface area contributed by atoms with E-state index in [4.69, 9.17) is 0 Å². The van der Waals surface area contributed by atoms with Crippen LogP contribution >= 0.6 is 0 Å². The normalized spacial score (nSPS) is 15.2. The van der Waals surface area contributed by atoms with E-state index in [-0.39, 0.29) is 29.3 Å². The topological polar surface area (TPSA) is 66.9 Å². The Morgan fingerprint density at radius 1 is 1.12 bits per heavy atom. The summed E-state index contributed by atoms with van der Waals surface area (Å²) < 4.78 is 39.1. The van der Waals surface area contributed by atoms with Crippen molar-refractivity contribution >= 4 is 17.5 Å². The van der Waals surface area contributed by atoms with Gasteiger partial charge in [-0.2, -0.15) is 13.2 Å². The van der Waals surface area contributed by atoms with Crippen molar-refractivity contribution in [1.29, 1.82) is 0 Å². The summed E-state index contributed by atoms with van der Waals surface area (Å²) in [5.74, 6) is -0.405. The number of rotatable bonds is 4. The zero-order chi connectivity index (χ0) is 17.9. The molecule has 2 aromatic rings. The van der Waals surface area contributed by atoms with Crippen LogP contribution in [0.2, 0.25) is 0 Å². The number of hydrogen-bond acceptors (Lipinski definition) is 4. The number of para-hydroxylation sites is 1. The smallest absolute Gasteiger partial charge is 0.348 e. The maximum absolute atomic E-state index is 13.0. The largest absolute Gasteiger partial charge is 0.418 e. The summed E-state index contributed by atoms with van der Waals surface area (Å²) in [7, 11) is 0. The highest BCUT2D eigenvalue weighted by Crippen LogP contribution is 2.35. The molecule has 1 amide bonds. The SMILES string of the molecule is O=C(NC1CCCC1)c1ccnc(Nc2ccccc2C(F)(F)F)n1. The predicted molar refractivity (Wildman–Crippen MR) is 86.5 cm³/mol. The van der Waals surface area contributed by atoms with Crippen LogP contribution in [0.1, 0.15) is 41.7 Å². The third-order valence-electron chi connectivity index (χ3n) is 4.06. The van der Waals surface area contributed by atoms with E-state index in [2.05, 4.69) is 20.6 Å². The molecular formula is C17H17F3N4O. The van der Waals surface area contributed by atoms with Gasteiger partial charge in [0.15, 0.2) is 0 Å². The molecule has 0 spiro atoms. The van der Waals surface area contributed by atoms with Gasteiger partial charge in [-0.15, -0.1) is 0 Å². The number of hydrogen-bond donors (Lipinski definition) is 2. The molecule has 1 fully saturated rings. The lowest BCUT2D eigenvalue weighted by Crippen LogP contribution is -2.33. The molecule has 1 aliphatic rings. The predicted octanol–water partition coefficient (Wildman–Crippen LogP) is 3.91. The Labute approximate surface area is 142 Å². The van der Waals surface area contributed by atoms with Gasteiger partial charge in [0.1, 0.15) is 5.69 Å². The molecule has 1 heterocycles. The second-order valence-corrected chi connectivity index (χ2v) is 5.89. The molecule has 1 saturated carbocycles. The van der Waals surface area contributed by atoms with Crippen LogP contribution in [-0.4, -0.2) is 21.9 Å². The minimum absolute atomic E-state index is 0.0595. The van der Waals surface area contributed by atoms with Gasteiger partial charge in [-0.1, -0.05) is 25.0 Å². The van der Waals surface area contributed by atoms with Crippen LogP contribution in [0.4, 0.5) is 24.8 Å². The van der Waals surface area contributed by atoms with Gasteiger partial charge < -0.3 is 10.6 Å². The van der Waals surface area contributed by atoms with Crippen LogP contribution in [0.3, 0.4) is 0 Å². The highest BCUT2D eigenvalue weighted by molar-refractivity contribution is 5.92. The molecule has 8 heteroatoms. The number of alkyl halides is 3.